The number of rotatable bonds is 7. The average Bonchev–Trinajstić information content (AvgIpc) is 3.17. The molecule has 0 saturated heterocycles. The number of nitro benzene ring substituents is 1. The minimum Gasteiger partial charge on any atom is -0.462 e. The highest BCUT2D eigenvalue weighted by Gasteiger charge is 2.19. The van der Waals surface area contributed by atoms with Crippen molar-refractivity contribution < 1.29 is 19.2 Å². The van der Waals surface area contributed by atoms with E-state index < -0.39 is 16.8 Å². The molecule has 0 saturated carbocycles. The molecule has 2 aromatic carbocycles. The summed E-state index contributed by atoms with van der Waals surface area (Å²) >= 11 is 1.28. The second-order valence-electron chi connectivity index (χ2n) is 6.11. The Labute approximate surface area is 176 Å². The van der Waals surface area contributed by atoms with Crippen molar-refractivity contribution in [2.24, 2.45) is 0 Å². The number of non-ortho nitro benzene ring substituents is 1. The highest BCUT2D eigenvalue weighted by Crippen LogP contribution is 2.36. The van der Waals surface area contributed by atoms with E-state index in [0.717, 1.165) is 10.4 Å². The molecular formula is C22H18N2O5S. The van der Waals surface area contributed by atoms with Gasteiger partial charge in [-0.25, -0.2) is 4.79 Å². The van der Waals surface area contributed by atoms with E-state index >= 15 is 0 Å². The van der Waals surface area contributed by atoms with E-state index in [9.17, 15) is 19.7 Å². The second-order valence-corrected chi connectivity index (χ2v) is 7.16. The van der Waals surface area contributed by atoms with Crippen molar-refractivity contribution >= 4 is 40.0 Å². The van der Waals surface area contributed by atoms with Crippen molar-refractivity contribution in [3.05, 3.63) is 88.0 Å². The van der Waals surface area contributed by atoms with Gasteiger partial charge in [0, 0.05) is 23.1 Å². The van der Waals surface area contributed by atoms with Gasteiger partial charge >= 0.3 is 5.97 Å². The number of nitrogens with one attached hydrogen (secondary N) is 1. The molecule has 0 spiro atoms. The first kappa shape index (κ1) is 20.9. The fourth-order valence-electron chi connectivity index (χ4n) is 2.62. The molecule has 152 valence electrons. The van der Waals surface area contributed by atoms with Crippen molar-refractivity contribution in [2.45, 2.75) is 6.92 Å². The Morgan fingerprint density at radius 3 is 2.47 bits per heavy atom. The molecule has 0 fully saturated rings. The van der Waals surface area contributed by atoms with Crippen LogP contribution in [0.25, 0.3) is 16.5 Å². The highest BCUT2D eigenvalue weighted by molar-refractivity contribution is 7.20. The molecule has 0 aliphatic carbocycles. The Hall–Kier alpha value is -3.78. The van der Waals surface area contributed by atoms with Crippen molar-refractivity contribution in [1.82, 2.24) is 0 Å². The monoisotopic (exact) mass is 422 g/mol. The van der Waals surface area contributed by atoms with Crippen LogP contribution in [0.4, 0.5) is 10.7 Å². The number of amides is 1. The van der Waals surface area contributed by atoms with Gasteiger partial charge < -0.3 is 10.1 Å². The van der Waals surface area contributed by atoms with Gasteiger partial charge in [0.2, 0.25) is 5.91 Å². The summed E-state index contributed by atoms with van der Waals surface area (Å²) in [4.78, 5) is 35.8. The second kappa shape index (κ2) is 9.62. The Morgan fingerprint density at radius 1 is 1.13 bits per heavy atom. The fraction of sp³-hybridized carbons (Fsp3) is 0.0909. The number of hydrogen-bond donors (Lipinski definition) is 1. The van der Waals surface area contributed by atoms with Crippen molar-refractivity contribution in [2.75, 3.05) is 11.9 Å². The van der Waals surface area contributed by atoms with Gasteiger partial charge in [0.25, 0.3) is 5.69 Å². The number of benzene rings is 2. The van der Waals surface area contributed by atoms with Crippen LogP contribution in [0.5, 0.6) is 0 Å². The summed E-state index contributed by atoms with van der Waals surface area (Å²) in [6, 6.07) is 17.0. The molecule has 1 aromatic heterocycles. The number of nitro groups is 1. The maximum Gasteiger partial charge on any atom is 0.341 e. The third-order valence-electron chi connectivity index (χ3n) is 4.05. The number of carbonyl (C=O) groups is 2. The van der Waals surface area contributed by atoms with Crippen LogP contribution in [0.3, 0.4) is 0 Å². The van der Waals surface area contributed by atoms with Gasteiger partial charge in [-0.1, -0.05) is 30.3 Å². The number of ether oxygens (including phenoxy) is 1. The quantitative estimate of drug-likeness (QED) is 0.246. The molecule has 0 bridgehead atoms. The third-order valence-corrected chi connectivity index (χ3v) is 5.15. The van der Waals surface area contributed by atoms with E-state index in [0.29, 0.717) is 10.6 Å². The van der Waals surface area contributed by atoms with Gasteiger partial charge in [-0.05, 0) is 42.3 Å². The molecule has 30 heavy (non-hydrogen) atoms. The number of nitrogens with zero attached hydrogens (tertiary/aromatic N) is 1. The van der Waals surface area contributed by atoms with Crippen LogP contribution in [-0.4, -0.2) is 23.4 Å². The normalized spacial score (nSPS) is 10.7. The lowest BCUT2D eigenvalue weighted by Gasteiger charge is -2.03. The predicted octanol–water partition coefficient (Wildman–Crippen LogP) is 5.15. The Morgan fingerprint density at radius 2 is 1.83 bits per heavy atom. The molecule has 0 aliphatic rings. The van der Waals surface area contributed by atoms with Crippen molar-refractivity contribution in [3.8, 4) is 10.4 Å². The first-order chi connectivity index (χ1) is 14.5. The lowest BCUT2D eigenvalue weighted by molar-refractivity contribution is -0.384. The molecule has 0 unspecified atom stereocenters. The molecule has 0 aliphatic heterocycles. The summed E-state index contributed by atoms with van der Waals surface area (Å²) in [5.74, 6) is -0.939. The molecule has 0 atom stereocenters. The molecule has 1 N–H and O–H groups in total. The minimum atomic E-state index is -0.509. The minimum absolute atomic E-state index is 0.0253. The number of thiophene rings is 1. The first-order valence-corrected chi connectivity index (χ1v) is 9.89. The van der Waals surface area contributed by atoms with Crippen molar-refractivity contribution in [1.29, 1.82) is 0 Å². The molecular weight excluding hydrogens is 404 g/mol. The van der Waals surface area contributed by atoms with Crippen LogP contribution in [-0.2, 0) is 9.53 Å². The van der Waals surface area contributed by atoms with Gasteiger partial charge in [-0.2, -0.15) is 0 Å². The van der Waals surface area contributed by atoms with E-state index in [1.807, 2.05) is 30.3 Å². The van der Waals surface area contributed by atoms with Crippen LogP contribution in [0, 0.1) is 10.1 Å². The summed E-state index contributed by atoms with van der Waals surface area (Å²) in [5, 5.41) is 13.8. The summed E-state index contributed by atoms with van der Waals surface area (Å²) in [7, 11) is 0. The summed E-state index contributed by atoms with van der Waals surface area (Å²) in [6.07, 6.45) is 2.84. The number of esters is 1. The molecule has 3 aromatic rings. The zero-order valence-electron chi connectivity index (χ0n) is 16.0. The van der Waals surface area contributed by atoms with Crippen LogP contribution in [0.1, 0.15) is 22.8 Å². The summed E-state index contributed by atoms with van der Waals surface area (Å²) in [5.41, 5.74) is 1.83. The van der Waals surface area contributed by atoms with Gasteiger partial charge in [-0.3, -0.25) is 14.9 Å². The Kier molecular flexibility index (Phi) is 6.71. The molecule has 1 amide bonds. The topological polar surface area (TPSA) is 98.5 Å². The van der Waals surface area contributed by atoms with Crippen LogP contribution in [0.2, 0.25) is 0 Å². The van der Waals surface area contributed by atoms with E-state index in [-0.39, 0.29) is 17.9 Å². The maximum absolute atomic E-state index is 12.4. The lowest BCUT2D eigenvalue weighted by atomic mass is 10.1. The van der Waals surface area contributed by atoms with Gasteiger partial charge in [-0.15, -0.1) is 11.3 Å². The maximum atomic E-state index is 12.4. The zero-order chi connectivity index (χ0) is 21.5. The van der Waals surface area contributed by atoms with Crippen molar-refractivity contribution in [3.63, 3.8) is 0 Å². The van der Waals surface area contributed by atoms with Crippen LogP contribution < -0.4 is 5.32 Å². The molecule has 8 heteroatoms. The van der Waals surface area contributed by atoms with Gasteiger partial charge in [0.15, 0.2) is 0 Å². The smallest absolute Gasteiger partial charge is 0.341 e. The SMILES string of the molecule is CCOC(=O)c1cc(-c2ccccc2)sc1NC(=O)/C=C/c1ccc([N+](=O)[O-])cc1. The van der Waals surface area contributed by atoms with Crippen LogP contribution in [0.15, 0.2) is 66.7 Å². The standard InChI is InChI=1S/C22H18N2O5S/c1-2-29-22(26)18-14-19(16-6-4-3-5-7-16)30-21(18)23-20(25)13-10-15-8-11-17(12-9-15)24(27)28/h3-14H,2H2,1H3,(H,23,25)/b13-10+. The third kappa shape index (κ3) is 5.18. The molecule has 0 radical (unpaired) electrons. The molecule has 7 nitrogen and oxygen atoms in total. The number of anilines is 1. The average molecular weight is 422 g/mol. The highest BCUT2D eigenvalue weighted by atomic mass is 32.1. The summed E-state index contributed by atoms with van der Waals surface area (Å²) in [6.45, 7) is 1.94. The number of hydrogen-bond acceptors (Lipinski definition) is 6. The van der Waals surface area contributed by atoms with Gasteiger partial charge in [0.05, 0.1) is 17.1 Å². The Balaban J connectivity index is 1.80. The molecule has 1 heterocycles. The predicted molar refractivity (Wildman–Crippen MR) is 116 cm³/mol. The zero-order valence-corrected chi connectivity index (χ0v) is 16.8. The molecule has 3 rings (SSSR count). The Bertz CT molecular complexity index is 1090. The van der Waals surface area contributed by atoms with Crippen LogP contribution >= 0.6 is 11.3 Å². The van der Waals surface area contributed by atoms with E-state index in [1.165, 1.54) is 35.6 Å². The largest absolute Gasteiger partial charge is 0.462 e. The van der Waals surface area contributed by atoms with Gasteiger partial charge in [0.1, 0.15) is 5.00 Å². The lowest BCUT2D eigenvalue weighted by Crippen LogP contribution is -2.11. The fourth-order valence-corrected chi connectivity index (χ4v) is 3.68. The van der Waals surface area contributed by atoms with E-state index in [2.05, 4.69) is 5.32 Å². The van der Waals surface area contributed by atoms with E-state index in [4.69, 9.17) is 4.74 Å². The summed E-state index contributed by atoms with van der Waals surface area (Å²) < 4.78 is 5.10. The number of carbonyl (C=O) groups excluding carboxylic acids is 2. The van der Waals surface area contributed by atoms with E-state index in [1.54, 1.807) is 25.1 Å². The first-order valence-electron chi connectivity index (χ1n) is 9.08.